The molecule has 10 heteroatoms. The Morgan fingerprint density at radius 2 is 2.23 bits per heavy atom. The van der Waals surface area contributed by atoms with Crippen molar-refractivity contribution in [3.05, 3.63) is 35.1 Å². The van der Waals surface area contributed by atoms with Crippen LogP contribution in [0.15, 0.2) is 23.6 Å². The maximum absolute atomic E-state index is 13.1. The van der Waals surface area contributed by atoms with Gasteiger partial charge in [0, 0.05) is 13.2 Å². The maximum Gasteiger partial charge on any atom is 0.272 e. The molecule has 2 aliphatic heterocycles. The molecule has 5 rings (SSSR count). The van der Waals surface area contributed by atoms with E-state index in [4.69, 9.17) is 4.74 Å². The number of thiophene rings is 1. The predicted molar refractivity (Wildman–Crippen MR) is 119 cm³/mol. The Balaban J connectivity index is 1.58. The van der Waals surface area contributed by atoms with E-state index in [2.05, 4.69) is 15.3 Å². The van der Waals surface area contributed by atoms with E-state index in [0.717, 1.165) is 29.8 Å². The summed E-state index contributed by atoms with van der Waals surface area (Å²) in [7, 11) is -3.06. The van der Waals surface area contributed by atoms with Gasteiger partial charge in [0.05, 0.1) is 39.7 Å². The lowest BCUT2D eigenvalue weighted by Crippen LogP contribution is -2.32. The average molecular weight is 461 g/mol. The van der Waals surface area contributed by atoms with Crippen LogP contribution in [0.3, 0.4) is 0 Å². The van der Waals surface area contributed by atoms with Gasteiger partial charge in [-0.3, -0.25) is 4.79 Å². The standard InChI is InChI=1S/C21H24N4O4S2/c1-13-23-19-17(25(13)14-6-9-31(27,28)12-14)10-16(18-5-3-8-30-18)24-20(19)21(26)22-11-15-4-2-7-29-15/h3,5,8,10,14-15H,2,4,6-7,9,11-12H2,1H3,(H,22,26). The van der Waals surface area contributed by atoms with Gasteiger partial charge < -0.3 is 14.6 Å². The molecule has 0 saturated carbocycles. The molecule has 31 heavy (non-hydrogen) atoms. The number of carbonyl (C=O) groups excluding carboxylic acids is 1. The van der Waals surface area contributed by atoms with E-state index in [0.29, 0.717) is 30.0 Å². The SMILES string of the molecule is Cc1nc2c(C(=O)NCC3CCCO3)nc(-c3cccs3)cc2n1C1CCS(=O)(=O)C1. The molecule has 0 radical (unpaired) electrons. The lowest BCUT2D eigenvalue weighted by molar-refractivity contribution is 0.0855. The quantitative estimate of drug-likeness (QED) is 0.628. The first-order chi connectivity index (χ1) is 14.9. The van der Waals surface area contributed by atoms with Crippen LogP contribution in [0, 0.1) is 6.92 Å². The van der Waals surface area contributed by atoms with Crippen LogP contribution in [0.1, 0.15) is 41.6 Å². The molecule has 0 spiro atoms. The molecule has 3 aromatic rings. The van der Waals surface area contributed by atoms with Gasteiger partial charge in [-0.15, -0.1) is 11.3 Å². The third-order valence-electron chi connectivity index (χ3n) is 5.93. The van der Waals surface area contributed by atoms with Gasteiger partial charge in [-0.05, 0) is 43.7 Å². The highest BCUT2D eigenvalue weighted by molar-refractivity contribution is 7.91. The summed E-state index contributed by atoms with van der Waals surface area (Å²) >= 11 is 1.54. The fraction of sp³-hybridized carbons (Fsp3) is 0.476. The summed E-state index contributed by atoms with van der Waals surface area (Å²) in [5, 5.41) is 4.91. The minimum Gasteiger partial charge on any atom is -0.376 e. The van der Waals surface area contributed by atoms with E-state index in [9.17, 15) is 13.2 Å². The Kier molecular flexibility index (Phi) is 5.31. The molecule has 5 heterocycles. The average Bonchev–Trinajstić information content (AvgIpc) is 3.52. The summed E-state index contributed by atoms with van der Waals surface area (Å²) in [5.74, 6) is 0.670. The van der Waals surface area contributed by atoms with Crippen molar-refractivity contribution in [1.29, 1.82) is 0 Å². The number of nitrogens with one attached hydrogen (secondary N) is 1. The van der Waals surface area contributed by atoms with Crippen LogP contribution in [0.25, 0.3) is 21.6 Å². The highest BCUT2D eigenvalue weighted by Crippen LogP contribution is 2.33. The van der Waals surface area contributed by atoms with Crippen LogP contribution < -0.4 is 5.32 Å². The summed E-state index contributed by atoms with van der Waals surface area (Å²) in [4.78, 5) is 23.4. The van der Waals surface area contributed by atoms with Crippen molar-refractivity contribution in [3.63, 3.8) is 0 Å². The molecular weight excluding hydrogens is 436 g/mol. The predicted octanol–water partition coefficient (Wildman–Crippen LogP) is 2.74. The zero-order valence-electron chi connectivity index (χ0n) is 17.2. The number of hydrogen-bond donors (Lipinski definition) is 1. The van der Waals surface area contributed by atoms with Gasteiger partial charge in [-0.25, -0.2) is 18.4 Å². The molecule has 2 aliphatic rings. The molecule has 2 atom stereocenters. The minimum absolute atomic E-state index is 0.0305. The van der Waals surface area contributed by atoms with Crippen LogP contribution >= 0.6 is 11.3 Å². The summed E-state index contributed by atoms with van der Waals surface area (Å²) in [6.07, 6.45) is 2.52. The summed E-state index contributed by atoms with van der Waals surface area (Å²) in [5.41, 5.74) is 2.21. The maximum atomic E-state index is 13.1. The van der Waals surface area contributed by atoms with Gasteiger partial charge in [0.15, 0.2) is 15.5 Å². The third kappa shape index (κ3) is 3.99. The van der Waals surface area contributed by atoms with Crippen LogP contribution in [-0.4, -0.2) is 59.6 Å². The Labute approximate surface area is 184 Å². The molecule has 2 fully saturated rings. The molecule has 3 aromatic heterocycles. The van der Waals surface area contributed by atoms with Crippen molar-refractivity contribution < 1.29 is 17.9 Å². The monoisotopic (exact) mass is 460 g/mol. The van der Waals surface area contributed by atoms with Crippen molar-refractivity contribution in [2.45, 2.75) is 38.3 Å². The normalized spacial score (nSPS) is 22.9. The van der Waals surface area contributed by atoms with Crippen molar-refractivity contribution >= 4 is 38.1 Å². The fourth-order valence-electron chi connectivity index (χ4n) is 4.45. The zero-order valence-corrected chi connectivity index (χ0v) is 18.8. The van der Waals surface area contributed by atoms with E-state index in [1.54, 1.807) is 11.3 Å². The number of sulfone groups is 1. The number of aryl methyl sites for hydroxylation is 1. The van der Waals surface area contributed by atoms with Gasteiger partial charge in [0.1, 0.15) is 11.3 Å². The molecule has 8 nitrogen and oxygen atoms in total. The van der Waals surface area contributed by atoms with Gasteiger partial charge in [0.25, 0.3) is 5.91 Å². The largest absolute Gasteiger partial charge is 0.376 e. The zero-order chi connectivity index (χ0) is 21.6. The molecule has 1 N–H and O–H groups in total. The van der Waals surface area contributed by atoms with Gasteiger partial charge in [0.2, 0.25) is 0 Å². The van der Waals surface area contributed by atoms with Gasteiger partial charge in [-0.1, -0.05) is 6.07 Å². The van der Waals surface area contributed by atoms with Crippen molar-refractivity contribution in [2.24, 2.45) is 0 Å². The first kappa shape index (κ1) is 20.6. The number of aromatic nitrogens is 3. The number of ether oxygens (including phenoxy) is 1. The summed E-state index contributed by atoms with van der Waals surface area (Å²) in [6, 6.07) is 5.63. The second-order valence-electron chi connectivity index (χ2n) is 8.13. The van der Waals surface area contributed by atoms with Crippen LogP contribution in [0.4, 0.5) is 0 Å². The van der Waals surface area contributed by atoms with Crippen molar-refractivity contribution in [2.75, 3.05) is 24.7 Å². The number of nitrogens with zero attached hydrogens (tertiary/aromatic N) is 3. The van der Waals surface area contributed by atoms with E-state index in [1.807, 2.05) is 35.1 Å². The smallest absolute Gasteiger partial charge is 0.272 e. The highest BCUT2D eigenvalue weighted by Gasteiger charge is 2.32. The number of hydrogen-bond acceptors (Lipinski definition) is 7. The number of pyridine rings is 1. The first-order valence-electron chi connectivity index (χ1n) is 10.4. The topological polar surface area (TPSA) is 103 Å². The van der Waals surface area contributed by atoms with Gasteiger partial charge in [-0.2, -0.15) is 0 Å². The lowest BCUT2D eigenvalue weighted by Gasteiger charge is -2.15. The molecule has 2 saturated heterocycles. The fourth-order valence-corrected chi connectivity index (χ4v) is 6.84. The van der Waals surface area contributed by atoms with Crippen LogP contribution in [0.5, 0.6) is 0 Å². The molecule has 0 bridgehead atoms. The summed E-state index contributed by atoms with van der Waals surface area (Å²) < 4.78 is 31.8. The van der Waals surface area contributed by atoms with Gasteiger partial charge >= 0.3 is 0 Å². The molecule has 0 aromatic carbocycles. The summed E-state index contributed by atoms with van der Waals surface area (Å²) in [6.45, 7) is 3.01. The highest BCUT2D eigenvalue weighted by atomic mass is 32.2. The molecule has 0 aliphatic carbocycles. The van der Waals surface area contributed by atoms with Crippen LogP contribution in [0.2, 0.25) is 0 Å². The van der Waals surface area contributed by atoms with E-state index in [1.165, 1.54) is 0 Å². The number of carbonyl (C=O) groups is 1. The van der Waals surface area contributed by atoms with E-state index in [-0.39, 0.29) is 35.3 Å². The van der Waals surface area contributed by atoms with Crippen molar-refractivity contribution in [3.8, 4) is 10.6 Å². The molecule has 2 unspecified atom stereocenters. The molecule has 164 valence electrons. The van der Waals surface area contributed by atoms with Crippen molar-refractivity contribution in [1.82, 2.24) is 19.9 Å². The number of fused-ring (bicyclic) bond motifs is 1. The second-order valence-corrected chi connectivity index (χ2v) is 11.3. The molecular formula is C21H24N4O4S2. The Hall–Kier alpha value is -2.30. The second kappa shape index (κ2) is 7.99. The Bertz CT molecular complexity index is 1230. The number of rotatable bonds is 5. The van der Waals surface area contributed by atoms with E-state index < -0.39 is 9.84 Å². The third-order valence-corrected chi connectivity index (χ3v) is 8.57. The Morgan fingerprint density at radius 3 is 2.90 bits per heavy atom. The molecule has 1 amide bonds. The van der Waals surface area contributed by atoms with Crippen LogP contribution in [-0.2, 0) is 14.6 Å². The lowest BCUT2D eigenvalue weighted by atomic mass is 10.2. The first-order valence-corrected chi connectivity index (χ1v) is 13.1. The minimum atomic E-state index is -3.06. The number of amides is 1. The Morgan fingerprint density at radius 1 is 1.35 bits per heavy atom. The van der Waals surface area contributed by atoms with E-state index >= 15 is 0 Å². The number of imidazole rings is 1.